The minimum absolute atomic E-state index is 0.261. The molecule has 0 amide bonds. The van der Waals surface area contributed by atoms with Crippen LogP contribution in [0.4, 0.5) is 0 Å². The highest BCUT2D eigenvalue weighted by Gasteiger charge is 2.25. The normalized spacial score (nSPS) is 23.3. The Morgan fingerprint density at radius 1 is 1.29 bits per heavy atom. The summed E-state index contributed by atoms with van der Waals surface area (Å²) in [5.74, 6) is 0.980. The highest BCUT2D eigenvalue weighted by atomic mass is 16.5. The van der Waals surface area contributed by atoms with Crippen LogP contribution in [-0.2, 0) is 16.1 Å². The summed E-state index contributed by atoms with van der Waals surface area (Å²) in [7, 11) is 0. The van der Waals surface area contributed by atoms with E-state index in [1.54, 1.807) is 0 Å². The third-order valence-electron chi connectivity index (χ3n) is 4.29. The first kappa shape index (κ1) is 13.2. The van der Waals surface area contributed by atoms with Crippen LogP contribution in [0, 0.1) is 0 Å². The summed E-state index contributed by atoms with van der Waals surface area (Å²) in [5.41, 5.74) is 1.92. The zero-order chi connectivity index (χ0) is 14.1. The molecule has 1 N–H and O–H groups in total. The van der Waals surface area contributed by atoms with Crippen LogP contribution in [0.5, 0.6) is 0 Å². The molecule has 0 aliphatic carbocycles. The molecule has 1 saturated heterocycles. The van der Waals surface area contributed by atoms with Crippen LogP contribution in [-0.4, -0.2) is 46.9 Å². The van der Waals surface area contributed by atoms with Crippen LogP contribution in [0.2, 0.25) is 0 Å². The number of rotatable bonds is 3. The fourth-order valence-corrected chi connectivity index (χ4v) is 3.18. The first-order chi connectivity index (χ1) is 10.4. The third kappa shape index (κ3) is 2.54. The summed E-state index contributed by atoms with van der Waals surface area (Å²) < 4.78 is 13.3. The van der Waals surface area contributed by atoms with Gasteiger partial charge in [-0.2, -0.15) is 0 Å². The van der Waals surface area contributed by atoms with Gasteiger partial charge in [-0.1, -0.05) is 0 Å². The summed E-state index contributed by atoms with van der Waals surface area (Å²) in [6, 6.07) is 4.75. The van der Waals surface area contributed by atoms with Gasteiger partial charge in [-0.25, -0.2) is 9.97 Å². The molecule has 0 saturated carbocycles. The van der Waals surface area contributed by atoms with Crippen LogP contribution >= 0.6 is 0 Å². The number of pyridine rings is 1. The average Bonchev–Trinajstić information content (AvgIpc) is 2.93. The van der Waals surface area contributed by atoms with Crippen LogP contribution < -0.4 is 5.32 Å². The number of hydrogen-bond donors (Lipinski definition) is 1. The zero-order valence-electron chi connectivity index (χ0n) is 12.0. The van der Waals surface area contributed by atoms with E-state index in [1.165, 1.54) is 0 Å². The van der Waals surface area contributed by atoms with Gasteiger partial charge >= 0.3 is 0 Å². The maximum atomic E-state index is 5.70. The zero-order valence-corrected chi connectivity index (χ0v) is 12.0. The van der Waals surface area contributed by atoms with Crippen molar-refractivity contribution in [3.8, 4) is 0 Å². The standard InChI is InChI=1S/C15H20N4O2/c1-2-13-15(16-5-1)19-12(9-21-10-14(19)18-13)8-17-11-3-6-20-7-4-11/h1-2,5,11-12,17H,3-4,6-10H2. The Hall–Kier alpha value is -1.50. The van der Waals surface area contributed by atoms with Gasteiger partial charge in [-0.15, -0.1) is 0 Å². The Morgan fingerprint density at radius 3 is 3.10 bits per heavy atom. The Morgan fingerprint density at radius 2 is 2.19 bits per heavy atom. The lowest BCUT2D eigenvalue weighted by atomic mass is 10.1. The molecular weight excluding hydrogens is 268 g/mol. The highest BCUT2D eigenvalue weighted by molar-refractivity contribution is 5.71. The summed E-state index contributed by atoms with van der Waals surface area (Å²) in [5, 5.41) is 3.65. The summed E-state index contributed by atoms with van der Waals surface area (Å²) in [4.78, 5) is 9.12. The van der Waals surface area contributed by atoms with Crippen LogP contribution in [0.25, 0.3) is 11.2 Å². The van der Waals surface area contributed by atoms with Crippen LogP contribution in [0.1, 0.15) is 24.7 Å². The quantitative estimate of drug-likeness (QED) is 0.921. The van der Waals surface area contributed by atoms with Crippen molar-refractivity contribution in [1.82, 2.24) is 19.9 Å². The SMILES string of the molecule is c1cnc2c(c1)nc1n2C(CNC2CCOCC2)COC1. The van der Waals surface area contributed by atoms with E-state index in [9.17, 15) is 0 Å². The molecule has 2 aromatic heterocycles. The number of imidazole rings is 1. The predicted octanol–water partition coefficient (Wildman–Crippen LogP) is 1.27. The summed E-state index contributed by atoms with van der Waals surface area (Å²) in [6.45, 7) is 3.90. The maximum absolute atomic E-state index is 5.70. The van der Waals surface area contributed by atoms with E-state index in [-0.39, 0.29) is 6.04 Å². The van der Waals surface area contributed by atoms with Gasteiger partial charge < -0.3 is 19.4 Å². The van der Waals surface area contributed by atoms with Gasteiger partial charge in [0.15, 0.2) is 5.65 Å². The Balaban J connectivity index is 1.55. The number of nitrogens with zero attached hydrogens (tertiary/aromatic N) is 3. The van der Waals surface area contributed by atoms with E-state index in [4.69, 9.17) is 9.47 Å². The Labute approximate surface area is 123 Å². The lowest BCUT2D eigenvalue weighted by molar-refractivity contribution is 0.0489. The number of hydrogen-bond acceptors (Lipinski definition) is 5. The van der Waals surface area contributed by atoms with Crippen molar-refractivity contribution in [2.24, 2.45) is 0 Å². The van der Waals surface area contributed by atoms with E-state index >= 15 is 0 Å². The van der Waals surface area contributed by atoms with Gasteiger partial charge in [-0.05, 0) is 25.0 Å². The van der Waals surface area contributed by atoms with Crippen molar-refractivity contribution in [2.75, 3.05) is 26.4 Å². The minimum Gasteiger partial charge on any atom is -0.381 e. The fourth-order valence-electron chi connectivity index (χ4n) is 3.18. The molecule has 2 aromatic rings. The molecule has 1 fully saturated rings. The molecule has 4 rings (SSSR count). The minimum atomic E-state index is 0.261. The molecule has 0 aromatic carbocycles. The van der Waals surface area contributed by atoms with E-state index in [1.807, 2.05) is 18.3 Å². The predicted molar refractivity (Wildman–Crippen MR) is 78.1 cm³/mol. The molecule has 2 aliphatic rings. The number of ether oxygens (including phenoxy) is 2. The van der Waals surface area contributed by atoms with Gasteiger partial charge in [0.25, 0.3) is 0 Å². The van der Waals surface area contributed by atoms with Gasteiger partial charge in [0.1, 0.15) is 17.9 Å². The van der Waals surface area contributed by atoms with E-state index in [2.05, 4.69) is 19.9 Å². The molecule has 0 bridgehead atoms. The second-order valence-corrected chi connectivity index (χ2v) is 5.71. The first-order valence-corrected chi connectivity index (χ1v) is 7.62. The highest BCUT2D eigenvalue weighted by Crippen LogP contribution is 2.24. The number of nitrogens with one attached hydrogen (secondary N) is 1. The third-order valence-corrected chi connectivity index (χ3v) is 4.29. The van der Waals surface area contributed by atoms with Crippen molar-refractivity contribution in [1.29, 1.82) is 0 Å². The molecule has 1 atom stereocenters. The maximum Gasteiger partial charge on any atom is 0.160 e. The van der Waals surface area contributed by atoms with E-state index in [0.717, 1.165) is 49.6 Å². The lowest BCUT2D eigenvalue weighted by Gasteiger charge is -2.29. The topological polar surface area (TPSA) is 61.2 Å². The van der Waals surface area contributed by atoms with Gasteiger partial charge in [-0.3, -0.25) is 0 Å². The average molecular weight is 288 g/mol. The monoisotopic (exact) mass is 288 g/mol. The van der Waals surface area contributed by atoms with Crippen molar-refractivity contribution in [3.05, 3.63) is 24.2 Å². The van der Waals surface area contributed by atoms with E-state index in [0.29, 0.717) is 19.3 Å². The molecule has 1 unspecified atom stereocenters. The second-order valence-electron chi connectivity index (χ2n) is 5.71. The van der Waals surface area contributed by atoms with E-state index < -0.39 is 0 Å². The largest absolute Gasteiger partial charge is 0.381 e. The molecule has 0 spiro atoms. The smallest absolute Gasteiger partial charge is 0.160 e. The molecule has 112 valence electrons. The fraction of sp³-hybridized carbons (Fsp3) is 0.600. The first-order valence-electron chi connectivity index (χ1n) is 7.62. The van der Waals surface area contributed by atoms with Crippen LogP contribution in [0.15, 0.2) is 18.3 Å². The molecule has 6 heteroatoms. The van der Waals surface area contributed by atoms with Crippen LogP contribution in [0.3, 0.4) is 0 Å². The lowest BCUT2D eigenvalue weighted by Crippen LogP contribution is -2.40. The van der Waals surface area contributed by atoms with Gasteiger partial charge in [0.05, 0.1) is 12.6 Å². The molecule has 0 radical (unpaired) electrons. The van der Waals surface area contributed by atoms with Gasteiger partial charge in [0.2, 0.25) is 0 Å². The Kier molecular flexibility index (Phi) is 3.58. The number of fused-ring (bicyclic) bond motifs is 3. The molecule has 2 aliphatic heterocycles. The van der Waals surface area contributed by atoms with Crippen molar-refractivity contribution in [3.63, 3.8) is 0 Å². The summed E-state index contributed by atoms with van der Waals surface area (Å²) >= 11 is 0. The molecule has 21 heavy (non-hydrogen) atoms. The Bertz CT molecular complexity index is 621. The number of aromatic nitrogens is 3. The van der Waals surface area contributed by atoms with Crippen molar-refractivity contribution < 1.29 is 9.47 Å². The molecular formula is C15H20N4O2. The van der Waals surface area contributed by atoms with Crippen molar-refractivity contribution in [2.45, 2.75) is 31.5 Å². The summed E-state index contributed by atoms with van der Waals surface area (Å²) in [6.07, 6.45) is 4.00. The second kappa shape index (κ2) is 5.71. The van der Waals surface area contributed by atoms with Crippen molar-refractivity contribution >= 4 is 11.2 Å². The molecule has 4 heterocycles. The molecule has 6 nitrogen and oxygen atoms in total. The van der Waals surface area contributed by atoms with Gasteiger partial charge in [0, 0.05) is 32.0 Å².